The fraction of sp³-hybridized carbons (Fsp3) is 0. The standard InChI is InChI=1S/C8H4BrF2N3S/c9-7-13-14-8(15-7)12-5-3-1-2-4(10)6(5)11/h1-3H,(H,12,14). The molecule has 0 saturated heterocycles. The fourth-order valence-corrected chi connectivity index (χ4v) is 1.99. The molecule has 3 nitrogen and oxygen atoms in total. The minimum absolute atomic E-state index is 0.0404. The Morgan fingerprint density at radius 1 is 1.27 bits per heavy atom. The Morgan fingerprint density at radius 3 is 2.73 bits per heavy atom. The summed E-state index contributed by atoms with van der Waals surface area (Å²) in [6.07, 6.45) is 0. The average molecular weight is 292 g/mol. The van der Waals surface area contributed by atoms with Crippen molar-refractivity contribution in [3.63, 3.8) is 0 Å². The summed E-state index contributed by atoms with van der Waals surface area (Å²) in [4.78, 5) is 0. The van der Waals surface area contributed by atoms with Crippen molar-refractivity contribution >= 4 is 38.1 Å². The van der Waals surface area contributed by atoms with Crippen LogP contribution < -0.4 is 5.32 Å². The van der Waals surface area contributed by atoms with Gasteiger partial charge in [0.2, 0.25) is 5.13 Å². The number of anilines is 2. The van der Waals surface area contributed by atoms with E-state index in [-0.39, 0.29) is 5.69 Å². The van der Waals surface area contributed by atoms with Gasteiger partial charge in [0.25, 0.3) is 0 Å². The summed E-state index contributed by atoms with van der Waals surface area (Å²) < 4.78 is 26.6. The highest BCUT2D eigenvalue weighted by Crippen LogP contribution is 2.26. The summed E-state index contributed by atoms with van der Waals surface area (Å²) >= 11 is 4.31. The number of hydrogen-bond acceptors (Lipinski definition) is 4. The summed E-state index contributed by atoms with van der Waals surface area (Å²) in [5, 5.41) is 10.4. The second-order valence-corrected chi connectivity index (χ2v) is 4.84. The molecule has 15 heavy (non-hydrogen) atoms. The van der Waals surface area contributed by atoms with E-state index < -0.39 is 11.6 Å². The quantitative estimate of drug-likeness (QED) is 0.922. The van der Waals surface area contributed by atoms with Crippen molar-refractivity contribution in [2.45, 2.75) is 0 Å². The van der Waals surface area contributed by atoms with Gasteiger partial charge in [-0.2, -0.15) is 0 Å². The van der Waals surface area contributed by atoms with Crippen molar-refractivity contribution in [2.24, 2.45) is 0 Å². The molecule has 0 spiro atoms. The van der Waals surface area contributed by atoms with E-state index in [1.54, 1.807) is 0 Å². The summed E-state index contributed by atoms with van der Waals surface area (Å²) in [5.41, 5.74) is 0.0404. The molecule has 1 aromatic carbocycles. The van der Waals surface area contributed by atoms with Gasteiger partial charge in [-0.15, -0.1) is 10.2 Å². The van der Waals surface area contributed by atoms with Crippen molar-refractivity contribution in [3.8, 4) is 0 Å². The lowest BCUT2D eigenvalue weighted by Gasteiger charge is -2.03. The van der Waals surface area contributed by atoms with Crippen LogP contribution in [0, 0.1) is 11.6 Å². The molecule has 0 aliphatic heterocycles. The van der Waals surface area contributed by atoms with Crippen LogP contribution in [0.2, 0.25) is 0 Å². The van der Waals surface area contributed by atoms with Gasteiger partial charge < -0.3 is 5.32 Å². The molecule has 0 fully saturated rings. The first-order valence-electron chi connectivity index (χ1n) is 3.87. The van der Waals surface area contributed by atoms with E-state index in [9.17, 15) is 8.78 Å². The minimum Gasteiger partial charge on any atom is -0.328 e. The topological polar surface area (TPSA) is 37.8 Å². The number of hydrogen-bond donors (Lipinski definition) is 1. The molecule has 2 rings (SSSR count). The molecule has 0 saturated carbocycles. The van der Waals surface area contributed by atoms with E-state index in [1.165, 1.54) is 23.5 Å². The number of benzene rings is 1. The highest BCUT2D eigenvalue weighted by molar-refractivity contribution is 9.11. The molecule has 0 bridgehead atoms. The van der Waals surface area contributed by atoms with E-state index >= 15 is 0 Å². The maximum Gasteiger partial charge on any atom is 0.210 e. The lowest BCUT2D eigenvalue weighted by molar-refractivity contribution is 0.512. The van der Waals surface area contributed by atoms with Crippen molar-refractivity contribution in [3.05, 3.63) is 33.8 Å². The van der Waals surface area contributed by atoms with Crippen LogP contribution in [0.25, 0.3) is 0 Å². The van der Waals surface area contributed by atoms with Crippen LogP contribution in [0.4, 0.5) is 19.6 Å². The summed E-state index contributed by atoms with van der Waals surface area (Å²) in [7, 11) is 0. The summed E-state index contributed by atoms with van der Waals surface area (Å²) in [6.45, 7) is 0. The van der Waals surface area contributed by atoms with Crippen LogP contribution >= 0.6 is 27.3 Å². The largest absolute Gasteiger partial charge is 0.328 e. The molecular weight excluding hydrogens is 288 g/mol. The number of rotatable bonds is 2. The lowest BCUT2D eigenvalue weighted by atomic mass is 10.3. The predicted octanol–water partition coefficient (Wildman–Crippen LogP) is 3.32. The number of halogens is 3. The van der Waals surface area contributed by atoms with Gasteiger partial charge >= 0.3 is 0 Å². The molecule has 0 unspecified atom stereocenters. The lowest BCUT2D eigenvalue weighted by Crippen LogP contribution is -1.95. The molecule has 2 aromatic rings. The van der Waals surface area contributed by atoms with Gasteiger partial charge in [-0.1, -0.05) is 17.4 Å². The fourth-order valence-electron chi connectivity index (χ4n) is 0.971. The zero-order chi connectivity index (χ0) is 10.8. The number of aromatic nitrogens is 2. The number of nitrogens with zero attached hydrogens (tertiary/aromatic N) is 2. The molecule has 1 heterocycles. The van der Waals surface area contributed by atoms with Gasteiger partial charge in [0.15, 0.2) is 15.6 Å². The molecule has 0 aliphatic carbocycles. The molecule has 7 heteroatoms. The monoisotopic (exact) mass is 291 g/mol. The van der Waals surface area contributed by atoms with Crippen LogP contribution in [0.15, 0.2) is 22.1 Å². The van der Waals surface area contributed by atoms with Gasteiger partial charge in [-0.05, 0) is 28.1 Å². The van der Waals surface area contributed by atoms with Gasteiger partial charge in [0.1, 0.15) is 0 Å². The van der Waals surface area contributed by atoms with Crippen LogP contribution in [-0.2, 0) is 0 Å². The molecule has 0 radical (unpaired) electrons. The molecule has 1 aromatic heterocycles. The third-order valence-corrected chi connectivity index (χ3v) is 2.86. The van der Waals surface area contributed by atoms with Gasteiger partial charge in [-0.25, -0.2) is 8.78 Å². The van der Waals surface area contributed by atoms with Gasteiger partial charge in [0.05, 0.1) is 5.69 Å². The maximum atomic E-state index is 13.2. The molecule has 0 amide bonds. The van der Waals surface area contributed by atoms with Crippen LogP contribution in [0.1, 0.15) is 0 Å². The van der Waals surface area contributed by atoms with E-state index in [4.69, 9.17) is 0 Å². The molecule has 1 N–H and O–H groups in total. The second-order valence-electron chi connectivity index (χ2n) is 2.59. The van der Waals surface area contributed by atoms with E-state index in [2.05, 4.69) is 31.4 Å². The predicted molar refractivity (Wildman–Crippen MR) is 57.2 cm³/mol. The van der Waals surface area contributed by atoms with Crippen molar-refractivity contribution in [1.82, 2.24) is 10.2 Å². The zero-order valence-corrected chi connectivity index (χ0v) is 9.57. The van der Waals surface area contributed by atoms with Crippen molar-refractivity contribution < 1.29 is 8.78 Å². The molecule has 0 aliphatic rings. The van der Waals surface area contributed by atoms with Crippen molar-refractivity contribution in [1.29, 1.82) is 0 Å². The second kappa shape index (κ2) is 4.19. The van der Waals surface area contributed by atoms with E-state index in [1.807, 2.05) is 0 Å². The first-order chi connectivity index (χ1) is 7.16. The van der Waals surface area contributed by atoms with E-state index in [0.29, 0.717) is 9.05 Å². The normalized spacial score (nSPS) is 10.3. The number of nitrogens with one attached hydrogen (secondary N) is 1. The Morgan fingerprint density at radius 2 is 2.07 bits per heavy atom. The SMILES string of the molecule is Fc1cccc(Nc2nnc(Br)s2)c1F. The van der Waals surface area contributed by atoms with Gasteiger partial charge in [0, 0.05) is 0 Å². The van der Waals surface area contributed by atoms with Crippen LogP contribution in [-0.4, -0.2) is 10.2 Å². The third kappa shape index (κ3) is 2.29. The molecule has 0 atom stereocenters. The first kappa shape index (κ1) is 10.4. The minimum atomic E-state index is -0.927. The summed E-state index contributed by atoms with van der Waals surface area (Å²) in [6, 6.07) is 3.89. The van der Waals surface area contributed by atoms with Crippen LogP contribution in [0.3, 0.4) is 0 Å². The molecule has 78 valence electrons. The van der Waals surface area contributed by atoms with Gasteiger partial charge in [-0.3, -0.25) is 0 Å². The summed E-state index contributed by atoms with van der Waals surface area (Å²) in [5.74, 6) is -1.83. The average Bonchev–Trinajstić information content (AvgIpc) is 2.59. The Kier molecular flexibility index (Phi) is 2.92. The zero-order valence-electron chi connectivity index (χ0n) is 7.17. The van der Waals surface area contributed by atoms with Crippen molar-refractivity contribution in [2.75, 3.05) is 5.32 Å². The van der Waals surface area contributed by atoms with E-state index in [0.717, 1.165) is 6.07 Å². The highest BCUT2D eigenvalue weighted by Gasteiger charge is 2.09. The van der Waals surface area contributed by atoms with Crippen LogP contribution in [0.5, 0.6) is 0 Å². The smallest absolute Gasteiger partial charge is 0.210 e. The highest BCUT2D eigenvalue weighted by atomic mass is 79.9. The maximum absolute atomic E-state index is 13.2. The Hall–Kier alpha value is -1.08. The Labute approximate surface area is 96.3 Å². The molecular formula is C8H4BrF2N3S. The third-order valence-electron chi connectivity index (χ3n) is 1.59. The first-order valence-corrected chi connectivity index (χ1v) is 5.48. The Balaban J connectivity index is 2.28. The Bertz CT molecular complexity index is 488.